The van der Waals surface area contributed by atoms with Gasteiger partial charge in [-0.1, -0.05) is 18.7 Å². The molecule has 3 aliphatic rings. The number of sulfonamides is 1. The molecule has 16 heteroatoms. The number of carbonyl (C=O) groups excluding carboxylic acids is 2. The third kappa shape index (κ3) is 7.81. The molecule has 5 heterocycles. The fourth-order valence-electron chi connectivity index (χ4n) is 6.92. The largest absolute Gasteiger partial charge is 0.432 e. The fourth-order valence-corrected chi connectivity index (χ4v) is 8.48. The Hall–Kier alpha value is -4.02. The normalized spacial score (nSPS) is 20.7. The van der Waals surface area contributed by atoms with Crippen LogP contribution < -0.4 is 15.4 Å². The van der Waals surface area contributed by atoms with Crippen LogP contribution in [-0.2, 0) is 26.7 Å². The first-order valence-electron chi connectivity index (χ1n) is 16.2. The van der Waals surface area contributed by atoms with E-state index in [1.807, 2.05) is 13.1 Å². The Morgan fingerprint density at radius 3 is 2.46 bits per heavy atom. The van der Waals surface area contributed by atoms with Crippen LogP contribution in [0.1, 0.15) is 61.6 Å². The number of aryl methyl sites for hydroxylation is 1. The highest BCUT2D eigenvalue weighted by Crippen LogP contribution is 2.34. The monoisotopic (exact) mass is 686 g/mol. The van der Waals surface area contributed by atoms with Crippen molar-refractivity contribution in [2.45, 2.75) is 63.0 Å². The van der Waals surface area contributed by atoms with Gasteiger partial charge in [0.15, 0.2) is 5.75 Å². The van der Waals surface area contributed by atoms with E-state index in [2.05, 4.69) is 54.0 Å². The predicted octanol–water partition coefficient (Wildman–Crippen LogP) is 3.13. The smallest absolute Gasteiger partial charge is 0.387 e. The van der Waals surface area contributed by atoms with Crippen LogP contribution in [-0.4, -0.2) is 100 Å². The Morgan fingerprint density at radius 1 is 1.08 bits per heavy atom. The van der Waals surface area contributed by atoms with E-state index in [-0.39, 0.29) is 35.3 Å². The molecule has 3 aromatic rings. The van der Waals surface area contributed by atoms with Crippen LogP contribution in [0.25, 0.3) is 10.9 Å². The van der Waals surface area contributed by atoms with Crippen molar-refractivity contribution < 1.29 is 31.5 Å². The lowest BCUT2D eigenvalue weighted by Gasteiger charge is -2.34. The number of nitrogens with one attached hydrogen (secondary N) is 2. The van der Waals surface area contributed by atoms with Gasteiger partial charge in [-0.05, 0) is 68.3 Å². The van der Waals surface area contributed by atoms with Crippen molar-refractivity contribution in [3.63, 3.8) is 0 Å². The third-order valence-corrected chi connectivity index (χ3v) is 11.3. The summed E-state index contributed by atoms with van der Waals surface area (Å²) >= 11 is 0. The minimum Gasteiger partial charge on any atom is -0.432 e. The number of fused-ring (bicyclic) bond motifs is 1. The summed E-state index contributed by atoms with van der Waals surface area (Å²) in [5.74, 6) is -0.596. The van der Waals surface area contributed by atoms with Gasteiger partial charge in [0.2, 0.25) is 27.8 Å². The minimum atomic E-state index is -3.53. The molecule has 48 heavy (non-hydrogen) atoms. The zero-order chi connectivity index (χ0) is 34.0. The Morgan fingerprint density at radius 2 is 1.79 bits per heavy atom. The summed E-state index contributed by atoms with van der Waals surface area (Å²) in [5.41, 5.74) is 3.53. The molecule has 3 aliphatic heterocycles. The maximum atomic E-state index is 13.2. The molecule has 3 saturated heterocycles. The van der Waals surface area contributed by atoms with E-state index in [1.54, 1.807) is 4.68 Å². The molecule has 258 valence electrons. The first-order valence-corrected chi connectivity index (χ1v) is 17.8. The average Bonchev–Trinajstić information content (AvgIpc) is 3.37. The maximum Gasteiger partial charge on any atom is 0.387 e. The van der Waals surface area contributed by atoms with Gasteiger partial charge in [-0.25, -0.2) is 22.7 Å². The maximum absolute atomic E-state index is 13.2. The molecule has 6 rings (SSSR count). The van der Waals surface area contributed by atoms with E-state index in [0.717, 1.165) is 36.8 Å². The molecular formula is C32H40F2N8O5S. The quantitative estimate of drug-likeness (QED) is 0.228. The van der Waals surface area contributed by atoms with Gasteiger partial charge in [-0.3, -0.25) is 24.5 Å². The molecule has 1 aromatic carbocycles. The summed E-state index contributed by atoms with van der Waals surface area (Å²) in [6.45, 7) is 4.01. The van der Waals surface area contributed by atoms with Crippen LogP contribution in [0.15, 0.2) is 42.7 Å². The van der Waals surface area contributed by atoms with Gasteiger partial charge < -0.3 is 10.1 Å². The molecular weight excluding hydrogens is 646 g/mol. The Labute approximate surface area is 277 Å². The molecule has 2 amide bonds. The average molecular weight is 687 g/mol. The first kappa shape index (κ1) is 33.9. The van der Waals surface area contributed by atoms with E-state index < -0.39 is 22.6 Å². The lowest BCUT2D eigenvalue weighted by Crippen LogP contribution is -2.44. The van der Waals surface area contributed by atoms with Gasteiger partial charge >= 0.3 is 6.61 Å². The summed E-state index contributed by atoms with van der Waals surface area (Å²) in [4.78, 5) is 34.3. The van der Waals surface area contributed by atoms with Crippen LogP contribution in [0.4, 0.5) is 14.7 Å². The lowest BCUT2D eigenvalue weighted by molar-refractivity contribution is -0.134. The second-order valence-corrected chi connectivity index (χ2v) is 14.8. The van der Waals surface area contributed by atoms with Crippen LogP contribution in [0.3, 0.4) is 0 Å². The van der Waals surface area contributed by atoms with Crippen molar-refractivity contribution in [2.24, 2.45) is 7.05 Å². The van der Waals surface area contributed by atoms with Gasteiger partial charge in [0.1, 0.15) is 0 Å². The number of benzene rings is 1. The topological polar surface area (TPSA) is 152 Å². The highest BCUT2D eigenvalue weighted by atomic mass is 32.2. The number of rotatable bonds is 11. The van der Waals surface area contributed by atoms with Crippen molar-refractivity contribution in [1.29, 1.82) is 0 Å². The predicted molar refractivity (Wildman–Crippen MR) is 174 cm³/mol. The molecule has 13 nitrogen and oxygen atoms in total. The minimum absolute atomic E-state index is 0.0474. The summed E-state index contributed by atoms with van der Waals surface area (Å²) < 4.78 is 58.7. The zero-order valence-electron chi connectivity index (χ0n) is 26.8. The van der Waals surface area contributed by atoms with Gasteiger partial charge in [0, 0.05) is 44.5 Å². The van der Waals surface area contributed by atoms with E-state index >= 15 is 0 Å². The number of carbonyl (C=O) groups is 2. The van der Waals surface area contributed by atoms with E-state index in [9.17, 15) is 26.8 Å². The number of anilines is 1. The van der Waals surface area contributed by atoms with Crippen molar-refractivity contribution in [3.05, 3.63) is 54.0 Å². The number of nitrogens with zero attached hydrogens (tertiary/aromatic N) is 6. The van der Waals surface area contributed by atoms with Crippen LogP contribution in [0, 0.1) is 0 Å². The van der Waals surface area contributed by atoms with Crippen molar-refractivity contribution in [1.82, 2.24) is 34.3 Å². The molecule has 3 fully saturated rings. The molecule has 0 aliphatic carbocycles. The molecule has 0 spiro atoms. The number of likely N-dealkylation sites (tertiary alicyclic amines) is 1. The molecule has 2 N–H and O–H groups in total. The lowest BCUT2D eigenvalue weighted by atomic mass is 9.87. The van der Waals surface area contributed by atoms with Crippen molar-refractivity contribution in [2.75, 3.05) is 43.8 Å². The van der Waals surface area contributed by atoms with Crippen molar-refractivity contribution >= 4 is 38.7 Å². The first-order chi connectivity index (χ1) is 22.9. The summed E-state index contributed by atoms with van der Waals surface area (Å²) in [6, 6.07) is 6.25. The molecule has 2 aromatic heterocycles. The number of aromatic nitrogens is 4. The second kappa shape index (κ2) is 14.2. The highest BCUT2D eigenvalue weighted by Gasteiger charge is 2.33. The molecule has 1 atom stereocenters. The summed E-state index contributed by atoms with van der Waals surface area (Å²) in [7, 11) is -1.66. The third-order valence-electron chi connectivity index (χ3n) is 9.40. The fraction of sp³-hybridized carbons (Fsp3) is 0.531. The number of amides is 2. The number of ether oxygens (including phenoxy) is 1. The number of hydrogen-bond acceptors (Lipinski definition) is 10. The van der Waals surface area contributed by atoms with Gasteiger partial charge in [-0.15, -0.1) is 0 Å². The Balaban J connectivity index is 0.961. The number of alkyl halides is 2. The second-order valence-electron chi connectivity index (χ2n) is 12.8. The number of imide groups is 1. The highest BCUT2D eigenvalue weighted by molar-refractivity contribution is 7.89. The zero-order valence-corrected chi connectivity index (χ0v) is 27.6. The van der Waals surface area contributed by atoms with Gasteiger partial charge in [-0.2, -0.15) is 13.9 Å². The number of piperidine rings is 3. The standard InChI is InChI=1S/C32H40F2N8O5S/c1-20(19-48(45,46)42-13-9-23(10-14-42)37-32-35-16-24(17-36-32)47-31(33)34)18-41-11-7-21(8-12-41)22-3-4-25-27(15-22)40(2)39-29(25)26-5-6-28(43)38-30(26)44/h3-4,15-17,21,23,26,31H,1,5-14,18-19H2,2H3,(H,35,36,37)(H,38,43,44). The molecule has 0 saturated carbocycles. The van der Waals surface area contributed by atoms with E-state index in [1.165, 1.54) is 22.3 Å². The van der Waals surface area contributed by atoms with E-state index in [0.29, 0.717) is 62.5 Å². The van der Waals surface area contributed by atoms with Crippen molar-refractivity contribution in [3.8, 4) is 5.75 Å². The number of hydrogen-bond donors (Lipinski definition) is 2. The van der Waals surface area contributed by atoms with Crippen LogP contribution in [0.2, 0.25) is 0 Å². The van der Waals surface area contributed by atoms with Gasteiger partial charge in [0.25, 0.3) is 0 Å². The summed E-state index contributed by atoms with van der Waals surface area (Å²) in [5, 5.41) is 11.1. The summed E-state index contributed by atoms with van der Waals surface area (Å²) in [6.07, 6.45) is 6.06. The van der Waals surface area contributed by atoms with Crippen LogP contribution in [0.5, 0.6) is 5.75 Å². The Kier molecular flexibility index (Phi) is 10.0. The number of halogens is 2. The SMILES string of the molecule is C=C(CN1CCC(c2ccc3c(C4CCC(=O)NC4=O)nn(C)c3c2)CC1)CS(=O)(=O)N1CCC(Nc2ncc(OC(F)F)cn2)CC1. The Bertz CT molecular complexity index is 1770. The molecule has 1 unspecified atom stereocenters. The van der Waals surface area contributed by atoms with E-state index in [4.69, 9.17) is 0 Å². The van der Waals surface area contributed by atoms with Gasteiger partial charge in [0.05, 0.1) is 35.3 Å². The molecule has 0 bridgehead atoms. The molecule has 0 radical (unpaired) electrons. The van der Waals surface area contributed by atoms with Crippen LogP contribution >= 0.6 is 0 Å².